The van der Waals surface area contributed by atoms with Crippen molar-refractivity contribution in [2.24, 2.45) is 0 Å². The first-order chi connectivity index (χ1) is 14.9. The summed E-state index contributed by atoms with van der Waals surface area (Å²) in [6.45, 7) is 6.74. The lowest BCUT2D eigenvalue weighted by Gasteiger charge is -2.23. The molecule has 9 heteroatoms. The number of benzene rings is 2. The first kappa shape index (κ1) is 24.1. The largest absolute Gasteiger partial charge is 0.478 e. The highest BCUT2D eigenvalue weighted by molar-refractivity contribution is 7.98. The predicted octanol–water partition coefficient (Wildman–Crippen LogP) is 6.98. The van der Waals surface area contributed by atoms with Crippen LogP contribution < -0.4 is 4.74 Å². The molecule has 1 N–H and O–H groups in total. The Morgan fingerprint density at radius 1 is 1.12 bits per heavy atom. The molecule has 32 heavy (non-hydrogen) atoms. The molecule has 0 saturated heterocycles. The van der Waals surface area contributed by atoms with Gasteiger partial charge in [0.15, 0.2) is 5.60 Å². The molecule has 0 spiro atoms. The van der Waals surface area contributed by atoms with Crippen molar-refractivity contribution in [3.05, 3.63) is 64.2 Å². The number of carboxylic acid groups (broad SMARTS) is 1. The van der Waals surface area contributed by atoms with E-state index in [0.717, 1.165) is 33.2 Å². The van der Waals surface area contributed by atoms with Crippen molar-refractivity contribution in [3.63, 3.8) is 0 Å². The molecule has 0 bridgehead atoms. The summed E-state index contributed by atoms with van der Waals surface area (Å²) in [7, 11) is 0. The molecule has 4 nitrogen and oxygen atoms in total. The van der Waals surface area contributed by atoms with Crippen molar-refractivity contribution in [1.82, 2.24) is 4.98 Å². The lowest BCUT2D eigenvalue weighted by atomic mass is 10.1. The molecule has 0 saturated carbocycles. The Hall–Kier alpha value is -2.52. The van der Waals surface area contributed by atoms with Gasteiger partial charge in [-0.15, -0.1) is 23.1 Å². The number of aryl methyl sites for hydroxylation is 2. The van der Waals surface area contributed by atoms with Crippen LogP contribution in [-0.2, 0) is 16.7 Å². The molecule has 3 rings (SSSR count). The van der Waals surface area contributed by atoms with Crippen molar-refractivity contribution in [2.75, 3.05) is 0 Å². The lowest BCUT2D eigenvalue weighted by molar-refractivity contribution is -0.152. The molecule has 0 radical (unpaired) electrons. The van der Waals surface area contributed by atoms with Gasteiger partial charge < -0.3 is 9.84 Å². The van der Waals surface area contributed by atoms with Crippen LogP contribution in [-0.4, -0.2) is 21.7 Å². The maximum atomic E-state index is 12.8. The van der Waals surface area contributed by atoms with E-state index < -0.39 is 23.3 Å². The van der Waals surface area contributed by atoms with Gasteiger partial charge in [0.2, 0.25) is 0 Å². The van der Waals surface area contributed by atoms with E-state index in [2.05, 4.69) is 4.98 Å². The number of carbonyl (C=O) groups is 1. The Morgan fingerprint density at radius 2 is 1.78 bits per heavy atom. The number of ether oxygens (including phenoxy) is 1. The Bertz CT molecular complexity index is 1120. The third kappa shape index (κ3) is 5.63. The zero-order valence-corrected chi connectivity index (χ0v) is 19.5. The summed E-state index contributed by atoms with van der Waals surface area (Å²) in [6.07, 6.45) is -4.36. The zero-order chi connectivity index (χ0) is 23.7. The van der Waals surface area contributed by atoms with Crippen molar-refractivity contribution >= 4 is 29.1 Å². The van der Waals surface area contributed by atoms with Crippen molar-refractivity contribution in [1.29, 1.82) is 0 Å². The fraction of sp³-hybridized carbons (Fsp3) is 0.304. The normalized spacial score (nSPS) is 12.1. The summed E-state index contributed by atoms with van der Waals surface area (Å²) in [5.41, 5.74) is 0.321. The minimum absolute atomic E-state index is 0.514. The second kappa shape index (κ2) is 9.15. The van der Waals surface area contributed by atoms with E-state index in [1.807, 2.05) is 26.0 Å². The maximum absolute atomic E-state index is 12.8. The van der Waals surface area contributed by atoms with Gasteiger partial charge in [-0.2, -0.15) is 13.2 Å². The van der Waals surface area contributed by atoms with Crippen LogP contribution in [0.25, 0.3) is 10.6 Å². The van der Waals surface area contributed by atoms with E-state index in [0.29, 0.717) is 22.1 Å². The van der Waals surface area contributed by atoms with E-state index in [4.69, 9.17) is 4.74 Å². The molecule has 2 aromatic carbocycles. The third-order valence-corrected chi connectivity index (χ3v) is 7.16. The molecular formula is C23H22F3NO3S2. The number of nitrogens with zero attached hydrogens (tertiary/aromatic N) is 1. The second-order valence-corrected chi connectivity index (χ2v) is 9.87. The van der Waals surface area contributed by atoms with Crippen LogP contribution in [0.1, 0.15) is 35.5 Å². The average Bonchev–Trinajstić information content (AvgIpc) is 3.08. The quantitative estimate of drug-likeness (QED) is 0.369. The predicted molar refractivity (Wildman–Crippen MR) is 120 cm³/mol. The van der Waals surface area contributed by atoms with Gasteiger partial charge >= 0.3 is 12.1 Å². The van der Waals surface area contributed by atoms with Gasteiger partial charge in [-0.1, -0.05) is 12.1 Å². The van der Waals surface area contributed by atoms with Gasteiger partial charge in [0.25, 0.3) is 0 Å². The monoisotopic (exact) mass is 481 g/mol. The molecule has 0 unspecified atom stereocenters. The molecular weight excluding hydrogens is 459 g/mol. The number of thioether (sulfide) groups is 1. The molecule has 0 aliphatic rings. The van der Waals surface area contributed by atoms with E-state index in [9.17, 15) is 23.1 Å². The molecule has 1 aromatic heterocycles. The van der Waals surface area contributed by atoms with Gasteiger partial charge in [0.1, 0.15) is 10.8 Å². The third-order valence-electron chi connectivity index (χ3n) is 4.75. The van der Waals surface area contributed by atoms with Crippen LogP contribution in [0.3, 0.4) is 0 Å². The van der Waals surface area contributed by atoms with Crippen LogP contribution >= 0.6 is 23.1 Å². The van der Waals surface area contributed by atoms with Crippen LogP contribution in [0.5, 0.6) is 5.75 Å². The van der Waals surface area contributed by atoms with E-state index in [1.54, 1.807) is 17.8 Å². The van der Waals surface area contributed by atoms with Crippen LogP contribution in [0, 0.1) is 13.8 Å². The number of alkyl halides is 3. The molecule has 3 aromatic rings. The van der Waals surface area contributed by atoms with Gasteiger partial charge in [-0.3, -0.25) is 0 Å². The van der Waals surface area contributed by atoms with Crippen molar-refractivity contribution in [2.45, 2.75) is 50.1 Å². The number of thiazole rings is 1. The Kier molecular flexibility index (Phi) is 6.90. The Morgan fingerprint density at radius 3 is 2.34 bits per heavy atom. The first-order valence-corrected chi connectivity index (χ1v) is 11.5. The van der Waals surface area contributed by atoms with Gasteiger partial charge in [0.05, 0.1) is 11.3 Å². The molecule has 0 aliphatic heterocycles. The molecule has 0 atom stereocenters. The van der Waals surface area contributed by atoms with E-state index in [1.165, 1.54) is 37.3 Å². The maximum Gasteiger partial charge on any atom is 0.416 e. The highest BCUT2D eigenvalue weighted by Gasteiger charge is 2.30. The Labute approximate surface area is 192 Å². The molecule has 0 fully saturated rings. The van der Waals surface area contributed by atoms with Gasteiger partial charge in [-0.25, -0.2) is 9.78 Å². The highest BCUT2D eigenvalue weighted by Crippen LogP contribution is 2.36. The Balaban J connectivity index is 1.70. The first-order valence-electron chi connectivity index (χ1n) is 9.66. The summed E-state index contributed by atoms with van der Waals surface area (Å²) >= 11 is 3.06. The average molecular weight is 482 g/mol. The van der Waals surface area contributed by atoms with Crippen molar-refractivity contribution < 1.29 is 27.8 Å². The topological polar surface area (TPSA) is 59.4 Å². The summed E-state index contributed by atoms with van der Waals surface area (Å²) in [5, 5.41) is 9.92. The highest BCUT2D eigenvalue weighted by atomic mass is 32.2. The minimum Gasteiger partial charge on any atom is -0.478 e. The van der Waals surface area contributed by atoms with Crippen LogP contribution in [0.15, 0.2) is 47.4 Å². The van der Waals surface area contributed by atoms with Crippen LogP contribution in [0.4, 0.5) is 13.2 Å². The second-order valence-electron chi connectivity index (χ2n) is 7.74. The molecule has 0 aliphatic carbocycles. The summed E-state index contributed by atoms with van der Waals surface area (Å²) in [5.74, 6) is 0.130. The fourth-order valence-electron chi connectivity index (χ4n) is 2.78. The van der Waals surface area contributed by atoms with Crippen molar-refractivity contribution in [3.8, 4) is 16.3 Å². The van der Waals surface area contributed by atoms with Crippen LogP contribution in [0.2, 0.25) is 0 Å². The number of aliphatic carboxylic acids is 1. The van der Waals surface area contributed by atoms with E-state index >= 15 is 0 Å². The standard InChI is InChI=1S/C23H22F3NO3S2/c1-13-11-17(9-10-18(13)30-22(3,4)21(28)29)31-12-19-14(2)27-20(32-19)15-5-7-16(8-6-15)23(24,25)26/h5-11H,12H2,1-4H3,(H,28,29). The van der Waals surface area contributed by atoms with Gasteiger partial charge in [0, 0.05) is 21.1 Å². The molecule has 0 amide bonds. The number of carboxylic acids is 1. The number of hydrogen-bond acceptors (Lipinski definition) is 5. The molecule has 170 valence electrons. The summed E-state index contributed by atoms with van der Waals surface area (Å²) in [4.78, 5) is 17.8. The number of halogens is 3. The number of hydrogen-bond donors (Lipinski definition) is 1. The zero-order valence-electron chi connectivity index (χ0n) is 17.9. The fourth-order valence-corrected chi connectivity index (χ4v) is 4.99. The summed E-state index contributed by atoms with van der Waals surface area (Å²) < 4.78 is 43.9. The van der Waals surface area contributed by atoms with E-state index in [-0.39, 0.29) is 0 Å². The lowest BCUT2D eigenvalue weighted by Crippen LogP contribution is -2.38. The number of aromatic nitrogens is 1. The SMILES string of the molecule is Cc1cc(SCc2sc(-c3ccc(C(F)(F)F)cc3)nc2C)ccc1OC(C)(C)C(=O)O. The smallest absolute Gasteiger partial charge is 0.416 e. The molecule has 1 heterocycles. The minimum atomic E-state index is -4.36. The summed E-state index contributed by atoms with van der Waals surface area (Å²) in [6, 6.07) is 10.6. The van der Waals surface area contributed by atoms with Gasteiger partial charge in [-0.05, 0) is 63.6 Å². The number of rotatable bonds is 7.